The summed E-state index contributed by atoms with van der Waals surface area (Å²) in [7, 11) is 0. The standard InChI is InChI=1S/C41H61NO7/c1-7-48-32-20-28(21-33(23-32)49-8-2)25-42-31(24-41(6,47)39(42)46)19-26(3)35-15-16-36-29(11-9-17-40(35,36)5)13-14-30-22-37(44)34(12-10-18-43)38(45)27(30)4/h13-14,20-21,23,26,31,34-38,43-45,47H,4,7-12,15-19,22,24-25H2,1-3,5-6H3/b29-13+,30-14-/t26-,31?,34+,35-,36?,37-,38-,40-,41?/m1/s1. The molecule has 3 unspecified atom stereocenters. The monoisotopic (exact) mass is 679 g/mol. The maximum atomic E-state index is 13.6. The molecule has 0 aromatic heterocycles. The Hall–Kier alpha value is -2.65. The number of ether oxygens (including phenoxy) is 2. The maximum Gasteiger partial charge on any atom is 0.254 e. The number of nitrogens with zero attached hydrogens (tertiary/aromatic N) is 1. The first-order valence-electron chi connectivity index (χ1n) is 18.8. The van der Waals surface area contributed by atoms with Crippen LogP contribution in [0, 0.1) is 29.1 Å². The maximum absolute atomic E-state index is 13.6. The molecular weight excluding hydrogens is 618 g/mol. The molecule has 0 radical (unpaired) electrons. The lowest BCUT2D eigenvalue weighted by Crippen LogP contribution is -2.40. The second kappa shape index (κ2) is 15.7. The lowest BCUT2D eigenvalue weighted by molar-refractivity contribution is -0.142. The Balaban J connectivity index is 1.30. The van der Waals surface area contributed by atoms with E-state index < -0.39 is 17.8 Å². The van der Waals surface area contributed by atoms with Gasteiger partial charge in [-0.3, -0.25) is 4.79 Å². The molecule has 8 nitrogen and oxygen atoms in total. The highest BCUT2D eigenvalue weighted by molar-refractivity contribution is 5.87. The molecule has 5 rings (SSSR count). The summed E-state index contributed by atoms with van der Waals surface area (Å²) in [5.41, 5.74) is 2.75. The Kier molecular flexibility index (Phi) is 12.1. The minimum Gasteiger partial charge on any atom is -0.494 e. The third-order valence-electron chi connectivity index (χ3n) is 12.4. The number of rotatable bonds is 13. The fourth-order valence-electron chi connectivity index (χ4n) is 10.00. The first-order valence-corrected chi connectivity index (χ1v) is 18.8. The second-order valence-electron chi connectivity index (χ2n) is 15.8. The number of aliphatic hydroxyl groups excluding tert-OH is 3. The van der Waals surface area contributed by atoms with Gasteiger partial charge in [-0.05, 0) is 131 Å². The quantitative estimate of drug-likeness (QED) is 0.188. The zero-order valence-electron chi connectivity index (χ0n) is 30.5. The highest BCUT2D eigenvalue weighted by atomic mass is 16.5. The third kappa shape index (κ3) is 7.98. The molecule has 1 aromatic rings. The molecule has 0 spiro atoms. The Morgan fingerprint density at radius 2 is 1.78 bits per heavy atom. The summed E-state index contributed by atoms with van der Waals surface area (Å²) < 4.78 is 11.6. The zero-order valence-corrected chi connectivity index (χ0v) is 30.5. The van der Waals surface area contributed by atoms with Crippen LogP contribution in [0.1, 0.15) is 104 Å². The van der Waals surface area contributed by atoms with E-state index in [0.717, 1.165) is 54.7 Å². The highest BCUT2D eigenvalue weighted by Gasteiger charge is 2.53. The molecule has 1 amide bonds. The fraction of sp³-hybridized carbons (Fsp3) is 0.683. The highest BCUT2D eigenvalue weighted by Crippen LogP contribution is 2.60. The molecule has 0 bridgehead atoms. The van der Waals surface area contributed by atoms with Gasteiger partial charge in [0.25, 0.3) is 5.91 Å². The number of hydrogen-bond acceptors (Lipinski definition) is 7. The fourth-order valence-corrected chi connectivity index (χ4v) is 10.00. The Labute approximate surface area is 293 Å². The molecule has 4 fully saturated rings. The van der Waals surface area contributed by atoms with Gasteiger partial charge in [-0.15, -0.1) is 0 Å². The van der Waals surface area contributed by atoms with Crippen LogP contribution < -0.4 is 9.47 Å². The number of benzene rings is 1. The summed E-state index contributed by atoms with van der Waals surface area (Å²) in [5.74, 6) is 2.28. The average molecular weight is 680 g/mol. The summed E-state index contributed by atoms with van der Waals surface area (Å²) in [5, 5.41) is 42.1. The van der Waals surface area contributed by atoms with E-state index in [4.69, 9.17) is 9.47 Å². The van der Waals surface area contributed by atoms with Crippen LogP contribution in [0.5, 0.6) is 11.5 Å². The van der Waals surface area contributed by atoms with Crippen molar-refractivity contribution in [1.29, 1.82) is 0 Å². The normalized spacial score (nSPS) is 35.7. The molecule has 3 aliphatic carbocycles. The van der Waals surface area contributed by atoms with Crippen molar-refractivity contribution in [1.82, 2.24) is 4.90 Å². The molecule has 3 saturated carbocycles. The number of carbonyl (C=O) groups is 1. The van der Waals surface area contributed by atoms with Gasteiger partial charge >= 0.3 is 0 Å². The first-order chi connectivity index (χ1) is 23.3. The van der Waals surface area contributed by atoms with Crippen molar-refractivity contribution < 1.29 is 34.7 Å². The Morgan fingerprint density at radius 1 is 1.08 bits per heavy atom. The van der Waals surface area contributed by atoms with Gasteiger partial charge in [0, 0.05) is 37.6 Å². The summed E-state index contributed by atoms with van der Waals surface area (Å²) >= 11 is 0. The predicted octanol–water partition coefficient (Wildman–Crippen LogP) is 6.50. The van der Waals surface area contributed by atoms with Gasteiger partial charge in [-0.2, -0.15) is 0 Å². The SMILES string of the molecule is C=C1/C(=C\C=C2/CCC[C@@]3(C)C2CC[C@@H]3[C@H](C)CC2CC(C)(O)C(=O)N2Cc2cc(OCC)cc(OCC)c2)C[C@@H](O)[C@H](CCCO)[C@@H]1O. The zero-order chi connectivity index (χ0) is 35.5. The van der Waals surface area contributed by atoms with Gasteiger partial charge in [-0.25, -0.2) is 0 Å². The lowest BCUT2D eigenvalue weighted by atomic mass is 9.60. The van der Waals surface area contributed by atoms with Gasteiger partial charge in [0.2, 0.25) is 0 Å². The molecule has 1 heterocycles. The van der Waals surface area contributed by atoms with Crippen molar-refractivity contribution in [2.45, 2.75) is 129 Å². The van der Waals surface area contributed by atoms with Crippen molar-refractivity contribution in [3.8, 4) is 11.5 Å². The van der Waals surface area contributed by atoms with Crippen molar-refractivity contribution in [3.63, 3.8) is 0 Å². The van der Waals surface area contributed by atoms with Crippen molar-refractivity contribution in [2.75, 3.05) is 19.8 Å². The number of allylic oxidation sites excluding steroid dienone is 3. The number of fused-ring (bicyclic) bond motifs is 1. The first kappa shape index (κ1) is 37.6. The van der Waals surface area contributed by atoms with Gasteiger partial charge in [0.15, 0.2) is 0 Å². The average Bonchev–Trinajstić information content (AvgIpc) is 3.51. The molecule has 1 aliphatic heterocycles. The predicted molar refractivity (Wildman–Crippen MR) is 192 cm³/mol. The number of amides is 1. The molecule has 1 saturated heterocycles. The van der Waals surface area contributed by atoms with Crippen LogP contribution >= 0.6 is 0 Å². The van der Waals surface area contributed by atoms with Crippen LogP contribution in [0.15, 0.2) is 53.6 Å². The molecule has 272 valence electrons. The van der Waals surface area contributed by atoms with Crippen molar-refractivity contribution in [3.05, 3.63) is 59.2 Å². The minimum absolute atomic E-state index is 0.0496. The van der Waals surface area contributed by atoms with Crippen LogP contribution in [-0.2, 0) is 11.3 Å². The van der Waals surface area contributed by atoms with Gasteiger partial charge in [0.05, 0.1) is 25.4 Å². The smallest absolute Gasteiger partial charge is 0.254 e. The summed E-state index contributed by atoms with van der Waals surface area (Å²) in [4.78, 5) is 15.5. The molecule has 4 N–H and O–H groups in total. The molecule has 9 atom stereocenters. The third-order valence-corrected chi connectivity index (χ3v) is 12.4. The lowest BCUT2D eigenvalue weighted by Gasteiger charge is -2.45. The molecule has 49 heavy (non-hydrogen) atoms. The molecule has 8 heteroatoms. The van der Waals surface area contributed by atoms with Crippen LogP contribution in [0.2, 0.25) is 0 Å². The summed E-state index contributed by atoms with van der Waals surface area (Å²) in [6.07, 6.45) is 11.4. The van der Waals surface area contributed by atoms with E-state index in [-0.39, 0.29) is 29.9 Å². The van der Waals surface area contributed by atoms with E-state index in [1.54, 1.807) is 6.92 Å². The Morgan fingerprint density at radius 3 is 2.43 bits per heavy atom. The van der Waals surface area contributed by atoms with E-state index in [9.17, 15) is 25.2 Å². The van der Waals surface area contributed by atoms with Crippen LogP contribution in [0.4, 0.5) is 0 Å². The van der Waals surface area contributed by atoms with Gasteiger partial charge in [-0.1, -0.05) is 38.2 Å². The van der Waals surface area contributed by atoms with Crippen molar-refractivity contribution >= 4 is 5.91 Å². The molecular formula is C41H61NO7. The summed E-state index contributed by atoms with van der Waals surface area (Å²) in [6.45, 7) is 16.1. The van der Waals surface area contributed by atoms with Crippen LogP contribution in [-0.4, -0.2) is 74.9 Å². The van der Waals surface area contributed by atoms with E-state index in [1.165, 1.54) is 12.0 Å². The van der Waals surface area contributed by atoms with Crippen LogP contribution in [0.3, 0.4) is 0 Å². The minimum atomic E-state index is -1.38. The number of carbonyl (C=O) groups excluding carboxylic acids is 1. The largest absolute Gasteiger partial charge is 0.494 e. The van der Waals surface area contributed by atoms with Gasteiger partial charge < -0.3 is 34.8 Å². The summed E-state index contributed by atoms with van der Waals surface area (Å²) in [6, 6.07) is 5.76. The van der Waals surface area contributed by atoms with E-state index >= 15 is 0 Å². The molecule has 1 aromatic carbocycles. The number of likely N-dealkylation sites (tertiary alicyclic amines) is 1. The second-order valence-corrected chi connectivity index (χ2v) is 15.8. The number of hydrogen-bond donors (Lipinski definition) is 4. The van der Waals surface area contributed by atoms with Gasteiger partial charge in [0.1, 0.15) is 17.1 Å². The van der Waals surface area contributed by atoms with E-state index in [2.05, 4.69) is 32.6 Å². The van der Waals surface area contributed by atoms with Crippen LogP contribution in [0.25, 0.3) is 0 Å². The van der Waals surface area contributed by atoms with E-state index in [1.807, 2.05) is 36.9 Å². The topological polar surface area (TPSA) is 120 Å². The molecule has 4 aliphatic rings. The number of aliphatic hydroxyl groups is 4. The van der Waals surface area contributed by atoms with E-state index in [0.29, 0.717) is 68.8 Å². The Bertz CT molecular complexity index is 1380. The van der Waals surface area contributed by atoms with Crippen molar-refractivity contribution in [2.24, 2.45) is 29.1 Å².